The summed E-state index contributed by atoms with van der Waals surface area (Å²) in [5.41, 5.74) is 5.21. The van der Waals surface area contributed by atoms with Gasteiger partial charge in [-0.15, -0.1) is 0 Å². The summed E-state index contributed by atoms with van der Waals surface area (Å²) in [6, 6.07) is 11.4. The van der Waals surface area contributed by atoms with Crippen LogP contribution >= 0.6 is 11.3 Å². The summed E-state index contributed by atoms with van der Waals surface area (Å²) in [7, 11) is 1.65. The third-order valence-corrected chi connectivity index (χ3v) is 7.76. The fourth-order valence-electron chi connectivity index (χ4n) is 5.27. The van der Waals surface area contributed by atoms with Crippen molar-refractivity contribution < 1.29 is 9.47 Å². The summed E-state index contributed by atoms with van der Waals surface area (Å²) >= 11 is 1.72. The van der Waals surface area contributed by atoms with Gasteiger partial charge >= 0.3 is 0 Å². The van der Waals surface area contributed by atoms with Crippen molar-refractivity contribution >= 4 is 44.7 Å². The van der Waals surface area contributed by atoms with Gasteiger partial charge in [0.2, 0.25) is 0 Å². The first-order valence-electron chi connectivity index (χ1n) is 13.3. The van der Waals surface area contributed by atoms with Gasteiger partial charge in [-0.25, -0.2) is 4.98 Å². The number of nitrogens with zero attached hydrogens (tertiary/aromatic N) is 1. The van der Waals surface area contributed by atoms with Crippen molar-refractivity contribution in [3.63, 3.8) is 0 Å². The fourth-order valence-corrected chi connectivity index (χ4v) is 5.94. The molecule has 0 radical (unpaired) electrons. The minimum Gasteiger partial charge on any atom is -0.497 e. The van der Waals surface area contributed by atoms with Gasteiger partial charge in [0.1, 0.15) is 17.2 Å². The Bertz CT molecular complexity index is 1440. The Kier molecular flexibility index (Phi) is 7.39. The van der Waals surface area contributed by atoms with Crippen LogP contribution in [0.2, 0.25) is 0 Å². The number of aromatic nitrogens is 2. The van der Waals surface area contributed by atoms with Crippen LogP contribution in [0, 0.1) is 0 Å². The number of anilines is 1. The summed E-state index contributed by atoms with van der Waals surface area (Å²) < 4.78 is 11.2. The fraction of sp³-hybridized carbons (Fsp3) is 0.387. The Hall–Kier alpha value is -3.45. The summed E-state index contributed by atoms with van der Waals surface area (Å²) in [5, 5.41) is 13.9. The predicted octanol–water partition coefficient (Wildman–Crippen LogP) is 7.58. The predicted molar refractivity (Wildman–Crippen MR) is 160 cm³/mol. The number of thiophene rings is 1. The molecule has 5 rings (SSSR count). The number of nitrogens with one attached hydrogen (secondary N) is 3. The Balaban J connectivity index is 1.39. The van der Waals surface area contributed by atoms with Crippen LogP contribution < -0.4 is 10.6 Å². The van der Waals surface area contributed by atoms with Crippen molar-refractivity contribution in [3.8, 4) is 0 Å². The van der Waals surface area contributed by atoms with Gasteiger partial charge in [0.05, 0.1) is 12.6 Å². The molecule has 0 aliphatic heterocycles. The molecule has 0 amide bonds. The minimum atomic E-state index is -0.245. The van der Waals surface area contributed by atoms with Crippen LogP contribution in [0.1, 0.15) is 63.3 Å². The summed E-state index contributed by atoms with van der Waals surface area (Å²) in [6.45, 7) is 14.2. The maximum Gasteiger partial charge on any atom is 0.180 e. The zero-order valence-electron chi connectivity index (χ0n) is 22.8. The third kappa shape index (κ3) is 5.99. The highest BCUT2D eigenvalue weighted by Crippen LogP contribution is 2.35. The Morgan fingerprint density at radius 3 is 2.53 bits per heavy atom. The average Bonchev–Trinajstić information content (AvgIpc) is 3.50. The van der Waals surface area contributed by atoms with Crippen molar-refractivity contribution in [3.05, 3.63) is 77.0 Å². The number of H-pyrrole nitrogens is 1. The van der Waals surface area contributed by atoms with Gasteiger partial charge in [-0.3, -0.25) is 0 Å². The number of aromatic amines is 1. The Morgan fingerprint density at radius 2 is 1.84 bits per heavy atom. The molecule has 38 heavy (non-hydrogen) atoms. The van der Waals surface area contributed by atoms with Gasteiger partial charge in [-0.05, 0) is 87.6 Å². The van der Waals surface area contributed by atoms with Crippen LogP contribution in [0.4, 0.5) is 5.82 Å². The van der Waals surface area contributed by atoms with Crippen LogP contribution in [-0.2, 0) is 15.9 Å². The van der Waals surface area contributed by atoms with E-state index in [1.54, 1.807) is 18.4 Å². The van der Waals surface area contributed by atoms with E-state index in [1.165, 1.54) is 5.56 Å². The van der Waals surface area contributed by atoms with Crippen molar-refractivity contribution in [2.24, 2.45) is 0 Å². The molecular weight excluding hydrogens is 492 g/mol. The number of benzene rings is 1. The average molecular weight is 531 g/mol. The Morgan fingerprint density at radius 1 is 1.08 bits per heavy atom. The SMILES string of the molecule is C=C(NC1CCC(Nc2nc(Cc3ccsc3)cc3[nH]c4cc(C(=C)OC)ccc4c23)CC1)OC(C)(C)C. The maximum atomic E-state index is 5.88. The van der Waals surface area contributed by atoms with Crippen molar-refractivity contribution in [1.29, 1.82) is 0 Å². The molecule has 6 nitrogen and oxygen atoms in total. The molecule has 200 valence electrons. The second kappa shape index (κ2) is 10.7. The van der Waals surface area contributed by atoms with E-state index < -0.39 is 0 Å². The van der Waals surface area contributed by atoms with E-state index >= 15 is 0 Å². The number of pyridine rings is 1. The lowest BCUT2D eigenvalue weighted by Gasteiger charge is -2.32. The first-order chi connectivity index (χ1) is 18.2. The van der Waals surface area contributed by atoms with Crippen LogP contribution in [0.25, 0.3) is 27.6 Å². The molecule has 3 aromatic heterocycles. The zero-order chi connectivity index (χ0) is 26.9. The van der Waals surface area contributed by atoms with Gasteiger partial charge in [0.25, 0.3) is 0 Å². The molecule has 1 aliphatic carbocycles. The number of hydrogen-bond acceptors (Lipinski definition) is 6. The lowest BCUT2D eigenvalue weighted by Crippen LogP contribution is -2.38. The molecule has 0 bridgehead atoms. The van der Waals surface area contributed by atoms with Crippen LogP contribution in [0.5, 0.6) is 0 Å². The van der Waals surface area contributed by atoms with Gasteiger partial charge in [-0.2, -0.15) is 11.3 Å². The van der Waals surface area contributed by atoms with Crippen LogP contribution in [-0.4, -0.2) is 34.8 Å². The maximum absolute atomic E-state index is 5.88. The smallest absolute Gasteiger partial charge is 0.180 e. The summed E-state index contributed by atoms with van der Waals surface area (Å²) in [5.74, 6) is 2.27. The first kappa shape index (κ1) is 26.2. The monoisotopic (exact) mass is 530 g/mol. The quantitative estimate of drug-likeness (QED) is 0.195. The zero-order valence-corrected chi connectivity index (χ0v) is 23.6. The Labute approximate surface area is 229 Å². The van der Waals surface area contributed by atoms with E-state index in [0.717, 1.165) is 71.0 Å². The van der Waals surface area contributed by atoms with Crippen molar-refractivity contribution in [1.82, 2.24) is 15.3 Å². The van der Waals surface area contributed by atoms with Gasteiger partial charge in [-0.1, -0.05) is 18.7 Å². The van der Waals surface area contributed by atoms with E-state index in [0.29, 0.717) is 23.7 Å². The normalized spacial score (nSPS) is 17.9. The van der Waals surface area contributed by atoms with Crippen LogP contribution in [0.15, 0.2) is 60.1 Å². The van der Waals surface area contributed by atoms with E-state index in [2.05, 4.69) is 69.9 Å². The molecule has 0 saturated heterocycles. The van der Waals surface area contributed by atoms with Gasteiger partial charge in [0.15, 0.2) is 5.88 Å². The molecule has 1 fully saturated rings. The van der Waals surface area contributed by atoms with Crippen molar-refractivity contribution in [2.45, 2.75) is 70.6 Å². The van der Waals surface area contributed by atoms with Crippen molar-refractivity contribution in [2.75, 3.05) is 12.4 Å². The van der Waals surface area contributed by atoms with Crippen LogP contribution in [0.3, 0.4) is 0 Å². The van der Waals surface area contributed by atoms with Gasteiger partial charge < -0.3 is 25.1 Å². The molecule has 0 atom stereocenters. The first-order valence-corrected chi connectivity index (χ1v) is 14.2. The minimum absolute atomic E-state index is 0.245. The van der Waals surface area contributed by atoms with Gasteiger partial charge in [0, 0.05) is 46.1 Å². The largest absolute Gasteiger partial charge is 0.497 e. The lowest BCUT2D eigenvalue weighted by molar-refractivity contribution is 0.0368. The van der Waals surface area contributed by atoms with E-state index in [1.807, 2.05) is 20.8 Å². The molecular formula is C31H38N4O2S. The van der Waals surface area contributed by atoms with E-state index in [-0.39, 0.29) is 5.60 Å². The van der Waals surface area contributed by atoms with E-state index in [4.69, 9.17) is 14.5 Å². The molecule has 1 aliphatic rings. The molecule has 0 unspecified atom stereocenters. The molecule has 0 spiro atoms. The standard InChI is InChI=1S/C31H38N4O2S/c1-19(36-6)22-7-12-26-27(16-22)35-28-17-25(15-21-13-14-38-18-21)34-30(29(26)28)33-24-10-8-23(9-11-24)32-20(2)37-31(3,4)5/h7,12-14,16-18,23-24,32,35H,1-2,8-11,15H2,3-6H3,(H,33,34). The third-order valence-electron chi connectivity index (χ3n) is 7.03. The molecule has 7 heteroatoms. The summed E-state index contributed by atoms with van der Waals surface area (Å²) in [4.78, 5) is 8.79. The number of fused-ring (bicyclic) bond motifs is 3. The lowest BCUT2D eigenvalue weighted by atomic mass is 9.91. The summed E-state index contributed by atoms with van der Waals surface area (Å²) in [6.07, 6.45) is 5.02. The highest BCUT2D eigenvalue weighted by Gasteiger charge is 2.24. The number of methoxy groups -OCH3 is 1. The number of hydrogen-bond donors (Lipinski definition) is 3. The highest BCUT2D eigenvalue weighted by atomic mass is 32.1. The van der Waals surface area contributed by atoms with E-state index in [9.17, 15) is 0 Å². The second-order valence-corrected chi connectivity index (χ2v) is 12.0. The molecule has 4 aromatic rings. The highest BCUT2D eigenvalue weighted by molar-refractivity contribution is 7.07. The molecule has 3 heterocycles. The molecule has 3 N–H and O–H groups in total. The molecule has 1 aromatic carbocycles. The second-order valence-electron chi connectivity index (χ2n) is 11.2. The molecule has 1 saturated carbocycles. The topological polar surface area (TPSA) is 71.2 Å². The number of rotatable bonds is 9. The number of ether oxygens (including phenoxy) is 2.